The van der Waals surface area contributed by atoms with Crippen LogP contribution in [-0.2, 0) is 0 Å². The summed E-state index contributed by atoms with van der Waals surface area (Å²) < 4.78 is 0. The standard InChI is InChI=1S/C11H14ClNS/c12-10-7-9(13)3-4-11(10)14-6-5-8-1-2-8/h3-4,7-8H,1-2,5-6,13H2. The maximum atomic E-state index is 6.06. The van der Waals surface area contributed by atoms with Crippen molar-refractivity contribution in [2.24, 2.45) is 5.92 Å². The fourth-order valence-corrected chi connectivity index (χ4v) is 2.76. The Balaban J connectivity index is 1.87. The molecular formula is C11H14ClNS. The predicted octanol–water partition coefficient (Wildman–Crippen LogP) is 3.81. The lowest BCUT2D eigenvalue weighted by Crippen LogP contribution is -1.86. The number of rotatable bonds is 4. The number of anilines is 1. The van der Waals surface area contributed by atoms with Gasteiger partial charge >= 0.3 is 0 Å². The van der Waals surface area contributed by atoms with Crippen LogP contribution in [0.25, 0.3) is 0 Å². The summed E-state index contributed by atoms with van der Waals surface area (Å²) >= 11 is 7.90. The van der Waals surface area contributed by atoms with Gasteiger partial charge in [-0.1, -0.05) is 24.4 Å². The Morgan fingerprint density at radius 1 is 1.43 bits per heavy atom. The Kier molecular flexibility index (Phi) is 3.24. The molecule has 0 spiro atoms. The zero-order chi connectivity index (χ0) is 9.97. The van der Waals surface area contributed by atoms with Crippen molar-refractivity contribution in [3.05, 3.63) is 23.2 Å². The van der Waals surface area contributed by atoms with Crippen LogP contribution in [0.4, 0.5) is 5.69 Å². The van der Waals surface area contributed by atoms with Crippen LogP contribution in [0.5, 0.6) is 0 Å². The van der Waals surface area contributed by atoms with Gasteiger partial charge in [0.25, 0.3) is 0 Å². The summed E-state index contributed by atoms with van der Waals surface area (Å²) in [4.78, 5) is 1.15. The summed E-state index contributed by atoms with van der Waals surface area (Å²) in [7, 11) is 0. The number of thioether (sulfide) groups is 1. The molecule has 1 aromatic carbocycles. The van der Waals surface area contributed by atoms with Gasteiger partial charge in [0, 0.05) is 10.6 Å². The average Bonchev–Trinajstić information content (AvgIpc) is 2.92. The molecule has 0 amide bonds. The first kappa shape index (κ1) is 10.2. The molecule has 1 fully saturated rings. The van der Waals surface area contributed by atoms with Crippen molar-refractivity contribution in [2.75, 3.05) is 11.5 Å². The number of nitrogens with two attached hydrogens (primary N) is 1. The van der Waals surface area contributed by atoms with E-state index < -0.39 is 0 Å². The highest BCUT2D eigenvalue weighted by molar-refractivity contribution is 7.99. The molecule has 0 saturated heterocycles. The lowest BCUT2D eigenvalue weighted by atomic mass is 10.3. The minimum absolute atomic E-state index is 0.738. The number of halogens is 1. The predicted molar refractivity (Wildman–Crippen MR) is 63.9 cm³/mol. The molecule has 0 aromatic heterocycles. The topological polar surface area (TPSA) is 26.0 Å². The summed E-state index contributed by atoms with van der Waals surface area (Å²) in [6, 6.07) is 5.74. The molecule has 0 bridgehead atoms. The third kappa shape index (κ3) is 2.82. The molecule has 1 aliphatic rings. The van der Waals surface area contributed by atoms with Gasteiger partial charge in [-0.3, -0.25) is 0 Å². The molecule has 1 aromatic rings. The fraction of sp³-hybridized carbons (Fsp3) is 0.455. The van der Waals surface area contributed by atoms with Crippen molar-refractivity contribution < 1.29 is 0 Å². The van der Waals surface area contributed by atoms with E-state index in [0.717, 1.165) is 21.5 Å². The Hall–Kier alpha value is -0.340. The van der Waals surface area contributed by atoms with Crippen LogP contribution in [0.15, 0.2) is 23.1 Å². The van der Waals surface area contributed by atoms with Crippen molar-refractivity contribution in [2.45, 2.75) is 24.2 Å². The Bertz CT molecular complexity index is 323. The maximum Gasteiger partial charge on any atom is 0.0562 e. The summed E-state index contributed by atoms with van der Waals surface area (Å²) in [5.74, 6) is 2.17. The van der Waals surface area contributed by atoms with Gasteiger partial charge in [-0.25, -0.2) is 0 Å². The van der Waals surface area contributed by atoms with Crippen LogP contribution >= 0.6 is 23.4 Å². The maximum absolute atomic E-state index is 6.06. The van der Waals surface area contributed by atoms with E-state index in [1.54, 1.807) is 0 Å². The quantitative estimate of drug-likeness (QED) is 0.625. The van der Waals surface area contributed by atoms with Crippen molar-refractivity contribution >= 4 is 29.1 Å². The molecule has 0 radical (unpaired) electrons. The third-order valence-corrected chi connectivity index (χ3v) is 3.97. The minimum atomic E-state index is 0.738. The lowest BCUT2D eigenvalue weighted by Gasteiger charge is -2.04. The highest BCUT2D eigenvalue weighted by Crippen LogP contribution is 2.36. The molecule has 0 aliphatic heterocycles. The molecule has 1 aliphatic carbocycles. The first-order valence-corrected chi connectivity index (χ1v) is 6.30. The smallest absolute Gasteiger partial charge is 0.0562 e. The van der Waals surface area contributed by atoms with Crippen LogP contribution in [0, 0.1) is 5.92 Å². The van der Waals surface area contributed by atoms with Gasteiger partial charge < -0.3 is 5.73 Å². The van der Waals surface area contributed by atoms with Crippen molar-refractivity contribution in [3.63, 3.8) is 0 Å². The molecule has 1 nitrogen and oxygen atoms in total. The first-order valence-electron chi connectivity index (χ1n) is 4.93. The monoisotopic (exact) mass is 227 g/mol. The second-order valence-corrected chi connectivity index (χ2v) is 5.31. The SMILES string of the molecule is Nc1ccc(SCCC2CC2)c(Cl)c1. The zero-order valence-electron chi connectivity index (χ0n) is 8.00. The van der Waals surface area contributed by atoms with Gasteiger partial charge in [-0.15, -0.1) is 11.8 Å². The van der Waals surface area contributed by atoms with Gasteiger partial charge in [0.05, 0.1) is 5.02 Å². The zero-order valence-corrected chi connectivity index (χ0v) is 9.57. The van der Waals surface area contributed by atoms with E-state index in [9.17, 15) is 0 Å². The summed E-state index contributed by atoms with van der Waals surface area (Å²) in [6.07, 6.45) is 4.18. The van der Waals surface area contributed by atoms with Crippen molar-refractivity contribution in [3.8, 4) is 0 Å². The Labute approximate surface area is 94.0 Å². The van der Waals surface area contributed by atoms with Crippen LogP contribution in [0.3, 0.4) is 0 Å². The van der Waals surface area contributed by atoms with Crippen LogP contribution < -0.4 is 5.73 Å². The van der Waals surface area contributed by atoms with Gasteiger partial charge in [0.2, 0.25) is 0 Å². The second kappa shape index (κ2) is 4.45. The van der Waals surface area contributed by atoms with E-state index >= 15 is 0 Å². The fourth-order valence-electron chi connectivity index (χ4n) is 1.38. The Morgan fingerprint density at radius 3 is 2.86 bits per heavy atom. The van der Waals surface area contributed by atoms with E-state index in [0.29, 0.717) is 0 Å². The third-order valence-electron chi connectivity index (χ3n) is 2.44. The highest BCUT2D eigenvalue weighted by atomic mass is 35.5. The molecule has 14 heavy (non-hydrogen) atoms. The molecule has 2 N–H and O–H groups in total. The van der Waals surface area contributed by atoms with Crippen molar-refractivity contribution in [1.29, 1.82) is 0 Å². The summed E-state index contributed by atoms with van der Waals surface area (Å²) in [5, 5.41) is 0.783. The van der Waals surface area contributed by atoms with E-state index in [-0.39, 0.29) is 0 Å². The molecule has 1 saturated carbocycles. The largest absolute Gasteiger partial charge is 0.399 e. The van der Waals surface area contributed by atoms with E-state index in [2.05, 4.69) is 0 Å². The van der Waals surface area contributed by atoms with Gasteiger partial charge in [-0.2, -0.15) is 0 Å². The van der Waals surface area contributed by atoms with E-state index in [4.69, 9.17) is 17.3 Å². The normalized spacial score (nSPS) is 15.8. The highest BCUT2D eigenvalue weighted by Gasteiger charge is 2.20. The molecule has 0 atom stereocenters. The van der Waals surface area contributed by atoms with E-state index in [1.807, 2.05) is 30.0 Å². The Morgan fingerprint density at radius 2 is 2.21 bits per heavy atom. The number of nitrogen functional groups attached to an aromatic ring is 1. The average molecular weight is 228 g/mol. The van der Waals surface area contributed by atoms with Crippen LogP contribution in [0.1, 0.15) is 19.3 Å². The molecule has 2 rings (SSSR count). The molecular weight excluding hydrogens is 214 g/mol. The number of benzene rings is 1. The van der Waals surface area contributed by atoms with E-state index in [1.165, 1.54) is 25.0 Å². The lowest BCUT2D eigenvalue weighted by molar-refractivity contribution is 0.809. The summed E-state index contributed by atoms with van der Waals surface area (Å²) in [6.45, 7) is 0. The first-order chi connectivity index (χ1) is 6.75. The number of hydrogen-bond donors (Lipinski definition) is 1. The summed E-state index contributed by atoms with van der Waals surface area (Å²) in [5.41, 5.74) is 6.36. The van der Waals surface area contributed by atoms with Gasteiger partial charge in [0.15, 0.2) is 0 Å². The molecule has 76 valence electrons. The van der Waals surface area contributed by atoms with Gasteiger partial charge in [-0.05, 0) is 36.3 Å². The molecule has 0 unspecified atom stereocenters. The van der Waals surface area contributed by atoms with Crippen LogP contribution in [0.2, 0.25) is 5.02 Å². The van der Waals surface area contributed by atoms with Gasteiger partial charge in [0.1, 0.15) is 0 Å². The van der Waals surface area contributed by atoms with Crippen molar-refractivity contribution in [1.82, 2.24) is 0 Å². The minimum Gasteiger partial charge on any atom is -0.399 e. The second-order valence-electron chi connectivity index (χ2n) is 3.77. The number of hydrogen-bond acceptors (Lipinski definition) is 2. The molecule has 3 heteroatoms. The van der Waals surface area contributed by atoms with Crippen LogP contribution in [-0.4, -0.2) is 5.75 Å². The molecule has 0 heterocycles.